The molecule has 6 nitrogen and oxygen atoms in total. The molecule has 2 aliphatic rings. The number of esters is 1. The number of ether oxygens (including phenoxy) is 1. The fraction of sp³-hybridized carbons (Fsp3) is 0.250. The highest BCUT2D eigenvalue weighted by Crippen LogP contribution is 2.40. The second kappa shape index (κ2) is 8.58. The molecule has 0 saturated heterocycles. The van der Waals surface area contributed by atoms with Crippen LogP contribution in [0.2, 0.25) is 5.02 Å². The number of benzene rings is 2. The zero-order chi connectivity index (χ0) is 22.2. The second-order valence-electron chi connectivity index (χ2n) is 7.82. The molecular formula is C24H22ClN3O3S. The Morgan fingerprint density at radius 1 is 1.19 bits per heavy atom. The number of nitrogens with one attached hydrogen (secondary N) is 2. The summed E-state index contributed by atoms with van der Waals surface area (Å²) < 4.78 is 5.44. The standard InChI is InChI=1S/C24H22ClN3O3S/c1-2-28-12-11-17-19(13-28)32-23-20(17)22(29)26-21(27-23)14-7-9-15(10-8-14)31-24(30)16-5-3-4-6-18(16)25/h3-10,21,27H,2,11-13H2,1H3,(H,26,29)/t21-/m0/s1. The summed E-state index contributed by atoms with van der Waals surface area (Å²) in [6, 6.07) is 13.9. The van der Waals surface area contributed by atoms with E-state index in [0.29, 0.717) is 16.3 Å². The average Bonchev–Trinajstić information content (AvgIpc) is 3.17. The van der Waals surface area contributed by atoms with Gasteiger partial charge in [0, 0.05) is 18.0 Å². The second-order valence-corrected chi connectivity index (χ2v) is 9.33. The topological polar surface area (TPSA) is 70.7 Å². The molecule has 0 unspecified atom stereocenters. The number of thiophene rings is 1. The fourth-order valence-corrected chi connectivity index (χ4v) is 5.65. The number of rotatable bonds is 4. The van der Waals surface area contributed by atoms with Crippen molar-refractivity contribution in [3.05, 3.63) is 80.7 Å². The van der Waals surface area contributed by atoms with Gasteiger partial charge in [-0.2, -0.15) is 0 Å². The molecule has 1 atom stereocenters. The molecule has 0 aliphatic carbocycles. The molecule has 0 fully saturated rings. The van der Waals surface area contributed by atoms with E-state index in [4.69, 9.17) is 16.3 Å². The average molecular weight is 468 g/mol. The van der Waals surface area contributed by atoms with Gasteiger partial charge in [-0.1, -0.05) is 42.8 Å². The van der Waals surface area contributed by atoms with Gasteiger partial charge in [0.2, 0.25) is 0 Å². The number of anilines is 1. The van der Waals surface area contributed by atoms with Crippen molar-refractivity contribution in [1.29, 1.82) is 0 Å². The highest BCUT2D eigenvalue weighted by atomic mass is 35.5. The van der Waals surface area contributed by atoms with Crippen molar-refractivity contribution < 1.29 is 14.3 Å². The minimum absolute atomic E-state index is 0.0413. The van der Waals surface area contributed by atoms with E-state index in [9.17, 15) is 9.59 Å². The summed E-state index contributed by atoms with van der Waals surface area (Å²) in [5.41, 5.74) is 3.17. The molecule has 5 rings (SSSR count). The predicted molar refractivity (Wildman–Crippen MR) is 126 cm³/mol. The van der Waals surface area contributed by atoms with E-state index < -0.39 is 5.97 Å². The van der Waals surface area contributed by atoms with Gasteiger partial charge in [-0.25, -0.2) is 4.79 Å². The van der Waals surface area contributed by atoms with Gasteiger partial charge in [0.05, 0.1) is 16.1 Å². The molecule has 3 aromatic rings. The first-order chi connectivity index (χ1) is 15.5. The summed E-state index contributed by atoms with van der Waals surface area (Å²) in [6.45, 7) is 5.05. The number of hydrogen-bond donors (Lipinski definition) is 2. The molecule has 2 aliphatic heterocycles. The Kier molecular flexibility index (Phi) is 5.63. The molecule has 164 valence electrons. The predicted octanol–water partition coefficient (Wildman–Crippen LogP) is 4.85. The summed E-state index contributed by atoms with van der Waals surface area (Å²) in [4.78, 5) is 28.9. The number of likely N-dealkylation sites (N-methyl/N-ethyl adjacent to an activating group) is 1. The van der Waals surface area contributed by atoms with Crippen LogP contribution in [0.15, 0.2) is 48.5 Å². The van der Waals surface area contributed by atoms with Gasteiger partial charge in [-0.15, -0.1) is 11.3 Å². The van der Waals surface area contributed by atoms with E-state index in [0.717, 1.165) is 42.2 Å². The summed E-state index contributed by atoms with van der Waals surface area (Å²) in [6.07, 6.45) is 0.561. The molecule has 32 heavy (non-hydrogen) atoms. The van der Waals surface area contributed by atoms with Crippen LogP contribution in [-0.2, 0) is 13.0 Å². The minimum atomic E-state index is -0.512. The van der Waals surface area contributed by atoms with Gasteiger partial charge in [-0.3, -0.25) is 9.69 Å². The number of carbonyl (C=O) groups excluding carboxylic acids is 2. The van der Waals surface area contributed by atoms with E-state index in [1.807, 2.05) is 12.1 Å². The maximum Gasteiger partial charge on any atom is 0.345 e. The number of amides is 1. The van der Waals surface area contributed by atoms with E-state index in [1.165, 1.54) is 10.4 Å². The van der Waals surface area contributed by atoms with Crippen molar-refractivity contribution >= 4 is 39.8 Å². The lowest BCUT2D eigenvalue weighted by atomic mass is 10.0. The Labute approximate surface area is 195 Å². The number of carbonyl (C=O) groups is 2. The van der Waals surface area contributed by atoms with Crippen LogP contribution in [0.25, 0.3) is 0 Å². The van der Waals surface area contributed by atoms with Crippen LogP contribution in [0, 0.1) is 0 Å². The van der Waals surface area contributed by atoms with Crippen LogP contribution in [-0.4, -0.2) is 29.9 Å². The van der Waals surface area contributed by atoms with Crippen LogP contribution in [0.1, 0.15) is 49.8 Å². The molecule has 3 heterocycles. The molecule has 0 radical (unpaired) electrons. The van der Waals surface area contributed by atoms with Crippen LogP contribution >= 0.6 is 22.9 Å². The fourth-order valence-electron chi connectivity index (χ4n) is 4.12. The van der Waals surface area contributed by atoms with Crippen LogP contribution in [0.5, 0.6) is 5.75 Å². The lowest BCUT2D eigenvalue weighted by Crippen LogP contribution is -2.38. The van der Waals surface area contributed by atoms with E-state index in [2.05, 4.69) is 22.5 Å². The van der Waals surface area contributed by atoms with Crippen LogP contribution in [0.3, 0.4) is 0 Å². The Morgan fingerprint density at radius 2 is 1.97 bits per heavy atom. The largest absolute Gasteiger partial charge is 0.423 e. The van der Waals surface area contributed by atoms with Gasteiger partial charge in [0.15, 0.2) is 0 Å². The smallest absolute Gasteiger partial charge is 0.345 e. The zero-order valence-corrected chi connectivity index (χ0v) is 19.1. The monoisotopic (exact) mass is 467 g/mol. The summed E-state index contributed by atoms with van der Waals surface area (Å²) in [5.74, 6) is -0.143. The molecule has 2 aromatic carbocycles. The molecule has 0 bridgehead atoms. The highest BCUT2D eigenvalue weighted by Gasteiger charge is 2.33. The summed E-state index contributed by atoms with van der Waals surface area (Å²) >= 11 is 7.74. The first kappa shape index (κ1) is 21.0. The Hall–Kier alpha value is -2.87. The normalized spacial score (nSPS) is 17.7. The summed E-state index contributed by atoms with van der Waals surface area (Å²) in [5, 5.41) is 7.81. The van der Waals surface area contributed by atoms with E-state index >= 15 is 0 Å². The third-order valence-corrected chi connectivity index (χ3v) is 7.36. The van der Waals surface area contributed by atoms with Crippen molar-refractivity contribution in [3.63, 3.8) is 0 Å². The van der Waals surface area contributed by atoms with Crippen molar-refractivity contribution in [2.24, 2.45) is 0 Å². The molecule has 1 aromatic heterocycles. The Bertz CT molecular complexity index is 1190. The first-order valence-corrected chi connectivity index (χ1v) is 11.7. The number of hydrogen-bond acceptors (Lipinski definition) is 6. The van der Waals surface area contributed by atoms with Crippen molar-refractivity contribution in [2.75, 3.05) is 18.4 Å². The van der Waals surface area contributed by atoms with Gasteiger partial charge in [0.25, 0.3) is 5.91 Å². The SMILES string of the molecule is CCN1CCc2c(sc3c2C(=O)N[C@H](c2ccc(OC(=O)c4ccccc4Cl)cc2)N3)C1. The summed E-state index contributed by atoms with van der Waals surface area (Å²) in [7, 11) is 0. The van der Waals surface area contributed by atoms with Crippen molar-refractivity contribution in [3.8, 4) is 5.75 Å². The zero-order valence-electron chi connectivity index (χ0n) is 17.5. The highest BCUT2D eigenvalue weighted by molar-refractivity contribution is 7.16. The molecule has 0 saturated carbocycles. The molecule has 8 heteroatoms. The number of nitrogens with zero attached hydrogens (tertiary/aromatic N) is 1. The van der Waals surface area contributed by atoms with Crippen molar-refractivity contribution in [1.82, 2.24) is 10.2 Å². The van der Waals surface area contributed by atoms with Crippen LogP contribution < -0.4 is 15.4 Å². The molecule has 1 amide bonds. The third kappa shape index (κ3) is 3.88. The quantitative estimate of drug-likeness (QED) is 0.424. The lowest BCUT2D eigenvalue weighted by Gasteiger charge is -2.28. The molecular weight excluding hydrogens is 446 g/mol. The van der Waals surface area contributed by atoms with Gasteiger partial charge in [0.1, 0.15) is 16.9 Å². The van der Waals surface area contributed by atoms with Crippen LogP contribution in [0.4, 0.5) is 5.00 Å². The van der Waals surface area contributed by atoms with Gasteiger partial charge >= 0.3 is 5.97 Å². The maximum atomic E-state index is 12.9. The third-order valence-electron chi connectivity index (χ3n) is 5.88. The molecule has 2 N–H and O–H groups in total. The molecule has 0 spiro atoms. The Balaban J connectivity index is 1.31. The lowest BCUT2D eigenvalue weighted by molar-refractivity contribution is 0.0734. The number of fused-ring (bicyclic) bond motifs is 3. The van der Waals surface area contributed by atoms with Gasteiger partial charge < -0.3 is 15.4 Å². The van der Waals surface area contributed by atoms with E-state index in [-0.39, 0.29) is 12.1 Å². The van der Waals surface area contributed by atoms with Crippen molar-refractivity contribution in [2.45, 2.75) is 26.1 Å². The van der Waals surface area contributed by atoms with E-state index in [1.54, 1.807) is 47.7 Å². The number of halogens is 1. The van der Waals surface area contributed by atoms with Gasteiger partial charge in [-0.05, 0) is 48.4 Å². The maximum absolute atomic E-state index is 12.9. The Morgan fingerprint density at radius 3 is 2.72 bits per heavy atom. The minimum Gasteiger partial charge on any atom is -0.423 e. The first-order valence-electron chi connectivity index (χ1n) is 10.5.